The third-order valence-corrected chi connectivity index (χ3v) is 7.55. The zero-order valence-corrected chi connectivity index (χ0v) is 22.3. The van der Waals surface area contributed by atoms with E-state index in [1.807, 2.05) is 24.3 Å². The summed E-state index contributed by atoms with van der Waals surface area (Å²) in [6, 6.07) is 12.2. The number of aryl methyl sites for hydroxylation is 1. The van der Waals surface area contributed by atoms with Gasteiger partial charge in [-0.1, -0.05) is 24.3 Å². The van der Waals surface area contributed by atoms with Gasteiger partial charge in [0.1, 0.15) is 6.04 Å². The average Bonchev–Trinajstić information content (AvgIpc) is 2.98. The lowest BCUT2D eigenvalue weighted by atomic mass is 9.87. The second-order valence-corrected chi connectivity index (χ2v) is 10.2. The Morgan fingerprint density at radius 2 is 1.62 bits per heavy atom. The number of halogens is 5. The smallest absolute Gasteiger partial charge is 0.347 e. The molecule has 220 valence electrons. The summed E-state index contributed by atoms with van der Waals surface area (Å²) in [5.74, 6) is -3.57. The van der Waals surface area contributed by atoms with Crippen LogP contribution in [0.1, 0.15) is 45.9 Å². The molecule has 5 rings (SSSR count). The molecule has 1 aliphatic carbocycles. The van der Waals surface area contributed by atoms with Crippen molar-refractivity contribution in [3.8, 4) is 0 Å². The van der Waals surface area contributed by atoms with Crippen molar-refractivity contribution in [1.29, 1.82) is 0 Å². The maximum Gasteiger partial charge on any atom is 0.416 e. The molecule has 0 saturated carbocycles. The minimum atomic E-state index is -4.53. The van der Waals surface area contributed by atoms with E-state index < -0.39 is 47.3 Å². The van der Waals surface area contributed by atoms with E-state index in [9.17, 15) is 36.3 Å². The number of nitrogens with zero attached hydrogens (tertiary/aromatic N) is 2. The Morgan fingerprint density at radius 1 is 0.881 bits per heavy atom. The molecule has 12 heteroatoms. The third-order valence-electron chi connectivity index (χ3n) is 7.55. The van der Waals surface area contributed by atoms with Crippen molar-refractivity contribution in [3.05, 3.63) is 101 Å². The maximum absolute atomic E-state index is 13.9. The van der Waals surface area contributed by atoms with E-state index in [1.54, 1.807) is 0 Å². The highest BCUT2D eigenvalue weighted by Gasteiger charge is 2.39. The highest BCUT2D eigenvalue weighted by Crippen LogP contribution is 2.31. The van der Waals surface area contributed by atoms with Gasteiger partial charge in [-0.05, 0) is 72.9 Å². The van der Waals surface area contributed by atoms with Gasteiger partial charge in [0.25, 0.3) is 5.91 Å². The molecule has 1 heterocycles. The molecule has 0 bridgehead atoms. The number of anilines is 1. The number of alkyl halides is 3. The predicted octanol–water partition coefficient (Wildman–Crippen LogP) is 5.54. The van der Waals surface area contributed by atoms with E-state index in [4.69, 9.17) is 0 Å². The lowest BCUT2D eigenvalue weighted by molar-refractivity contribution is -0.137. The van der Waals surface area contributed by atoms with Crippen molar-refractivity contribution < 1.29 is 36.3 Å². The zero-order chi connectivity index (χ0) is 30.0. The average molecular weight is 587 g/mol. The van der Waals surface area contributed by atoms with Crippen LogP contribution in [0.4, 0.5) is 32.4 Å². The standard InChI is InChI=1S/C30H27F5N4O3/c31-23-13-8-19(16-24(23)32)28(41)39-15-14-38(29(42)36-21-11-9-20(10-12-21)30(33,34)35)17-26(39)27(40)37-25-7-3-5-18-4-1-2-6-22(18)25/h1-2,4,6,8-13,16,25-26H,3,5,7,14-15,17H2,(H,36,42)(H,37,40). The second-order valence-electron chi connectivity index (χ2n) is 10.2. The van der Waals surface area contributed by atoms with Crippen LogP contribution in [0.3, 0.4) is 0 Å². The van der Waals surface area contributed by atoms with Gasteiger partial charge in [-0.25, -0.2) is 13.6 Å². The van der Waals surface area contributed by atoms with E-state index in [0.717, 1.165) is 66.4 Å². The zero-order valence-electron chi connectivity index (χ0n) is 22.3. The molecule has 1 aliphatic heterocycles. The van der Waals surface area contributed by atoms with Crippen LogP contribution in [0.5, 0.6) is 0 Å². The summed E-state index contributed by atoms with van der Waals surface area (Å²) in [5, 5.41) is 5.53. The largest absolute Gasteiger partial charge is 0.416 e. The summed E-state index contributed by atoms with van der Waals surface area (Å²) in [7, 11) is 0. The number of rotatable bonds is 4. The van der Waals surface area contributed by atoms with Crippen LogP contribution < -0.4 is 10.6 Å². The summed E-state index contributed by atoms with van der Waals surface area (Å²) < 4.78 is 66.2. The molecule has 2 atom stereocenters. The van der Waals surface area contributed by atoms with Crippen molar-refractivity contribution in [1.82, 2.24) is 15.1 Å². The van der Waals surface area contributed by atoms with E-state index in [-0.39, 0.29) is 36.9 Å². The first-order valence-corrected chi connectivity index (χ1v) is 13.4. The maximum atomic E-state index is 13.9. The highest BCUT2D eigenvalue weighted by molar-refractivity contribution is 5.98. The van der Waals surface area contributed by atoms with Gasteiger partial charge in [0.05, 0.1) is 18.2 Å². The van der Waals surface area contributed by atoms with Gasteiger partial charge in [-0.15, -0.1) is 0 Å². The Hall–Kier alpha value is -4.48. The lowest BCUT2D eigenvalue weighted by Gasteiger charge is -2.41. The van der Waals surface area contributed by atoms with E-state index in [0.29, 0.717) is 6.42 Å². The molecule has 1 saturated heterocycles. The quantitative estimate of drug-likeness (QED) is 0.395. The molecule has 2 unspecified atom stereocenters. The molecule has 3 aromatic carbocycles. The van der Waals surface area contributed by atoms with Crippen LogP contribution in [0.2, 0.25) is 0 Å². The van der Waals surface area contributed by atoms with Gasteiger partial charge < -0.3 is 20.4 Å². The fourth-order valence-corrected chi connectivity index (χ4v) is 5.35. The van der Waals surface area contributed by atoms with Crippen molar-refractivity contribution in [2.24, 2.45) is 0 Å². The lowest BCUT2D eigenvalue weighted by Crippen LogP contribution is -2.62. The van der Waals surface area contributed by atoms with Crippen LogP contribution >= 0.6 is 0 Å². The van der Waals surface area contributed by atoms with E-state index >= 15 is 0 Å². The van der Waals surface area contributed by atoms with E-state index in [2.05, 4.69) is 10.6 Å². The minimum Gasteiger partial charge on any atom is -0.347 e. The third kappa shape index (κ3) is 6.22. The number of fused-ring (bicyclic) bond motifs is 1. The number of piperazine rings is 1. The number of carbonyl (C=O) groups excluding carboxylic acids is 3. The Balaban J connectivity index is 1.36. The highest BCUT2D eigenvalue weighted by atomic mass is 19.4. The molecule has 2 aliphatic rings. The predicted molar refractivity (Wildman–Crippen MR) is 143 cm³/mol. The van der Waals surface area contributed by atoms with Gasteiger partial charge in [0, 0.05) is 24.3 Å². The minimum absolute atomic E-state index is 0.0159. The van der Waals surface area contributed by atoms with Gasteiger partial charge >= 0.3 is 12.2 Å². The molecule has 1 fully saturated rings. The number of urea groups is 1. The van der Waals surface area contributed by atoms with Crippen molar-refractivity contribution >= 4 is 23.5 Å². The molecular weight excluding hydrogens is 559 g/mol. The Labute approximate surface area is 238 Å². The van der Waals surface area contributed by atoms with Crippen molar-refractivity contribution in [2.75, 3.05) is 25.0 Å². The molecule has 42 heavy (non-hydrogen) atoms. The molecule has 0 radical (unpaired) electrons. The number of nitrogens with one attached hydrogen (secondary N) is 2. The summed E-state index contributed by atoms with van der Waals surface area (Å²) in [6.45, 7) is -0.350. The van der Waals surface area contributed by atoms with Crippen LogP contribution in [0.15, 0.2) is 66.7 Å². The van der Waals surface area contributed by atoms with Crippen LogP contribution in [-0.2, 0) is 17.4 Å². The second kappa shape index (κ2) is 11.8. The monoisotopic (exact) mass is 586 g/mol. The summed E-state index contributed by atoms with van der Waals surface area (Å²) >= 11 is 0. The fourth-order valence-electron chi connectivity index (χ4n) is 5.35. The van der Waals surface area contributed by atoms with E-state index in [1.165, 1.54) is 9.80 Å². The van der Waals surface area contributed by atoms with Crippen LogP contribution in [0.25, 0.3) is 0 Å². The Morgan fingerprint density at radius 3 is 2.33 bits per heavy atom. The first-order valence-electron chi connectivity index (χ1n) is 13.4. The molecule has 0 aromatic heterocycles. The molecular formula is C30H27F5N4O3. The van der Waals surface area contributed by atoms with Crippen molar-refractivity contribution in [2.45, 2.75) is 37.5 Å². The molecule has 2 N–H and O–H groups in total. The van der Waals surface area contributed by atoms with Crippen molar-refractivity contribution in [3.63, 3.8) is 0 Å². The normalized spacial score (nSPS) is 18.7. The fraction of sp³-hybridized carbons (Fsp3) is 0.300. The number of carbonyl (C=O) groups is 3. The van der Waals surface area contributed by atoms with Crippen LogP contribution in [0, 0.1) is 11.6 Å². The molecule has 7 nitrogen and oxygen atoms in total. The molecule has 3 aromatic rings. The topological polar surface area (TPSA) is 81.8 Å². The van der Waals surface area contributed by atoms with Gasteiger partial charge in [0.2, 0.25) is 5.91 Å². The van der Waals surface area contributed by atoms with Gasteiger partial charge in [0.15, 0.2) is 11.6 Å². The summed E-state index contributed by atoms with van der Waals surface area (Å²) in [5.41, 5.74) is 1.16. The molecule has 4 amide bonds. The van der Waals surface area contributed by atoms with Gasteiger partial charge in [-0.3, -0.25) is 9.59 Å². The first kappa shape index (κ1) is 29.0. The number of amides is 4. The Bertz CT molecular complexity index is 1500. The van der Waals surface area contributed by atoms with Crippen LogP contribution in [-0.4, -0.2) is 53.3 Å². The molecule has 0 spiro atoms. The summed E-state index contributed by atoms with van der Waals surface area (Å²) in [6.07, 6.45) is -2.15. The SMILES string of the molecule is O=C(NC1CCCc2ccccc21)C1CN(C(=O)Nc2ccc(C(F)(F)F)cc2)CCN1C(=O)c1ccc(F)c(F)c1. The number of hydrogen-bond donors (Lipinski definition) is 2. The first-order chi connectivity index (χ1) is 20.0. The summed E-state index contributed by atoms with van der Waals surface area (Å²) in [4.78, 5) is 42.7. The number of benzene rings is 3. The van der Waals surface area contributed by atoms with Gasteiger partial charge in [-0.2, -0.15) is 13.2 Å². The number of hydrogen-bond acceptors (Lipinski definition) is 3. The Kier molecular flexibility index (Phi) is 8.15.